The highest BCUT2D eigenvalue weighted by atomic mass is 15.1. The zero-order valence-corrected chi connectivity index (χ0v) is 18.0. The molecular weight excluding hydrogens is 340 g/mol. The minimum absolute atomic E-state index is 0.725. The minimum atomic E-state index is 0.725. The van der Waals surface area contributed by atoms with E-state index in [2.05, 4.69) is 43.5 Å². The third-order valence-electron chi connectivity index (χ3n) is 9.39. The molecule has 8 atom stereocenters. The van der Waals surface area contributed by atoms with Crippen LogP contribution < -0.4 is 10.6 Å². The van der Waals surface area contributed by atoms with E-state index in [1.54, 1.807) is 22.3 Å². The third kappa shape index (κ3) is 2.67. The van der Waals surface area contributed by atoms with Gasteiger partial charge in [-0.25, -0.2) is 0 Å². The smallest absolute Gasteiger partial charge is 0.0145 e. The molecule has 0 aromatic heterocycles. The van der Waals surface area contributed by atoms with E-state index < -0.39 is 0 Å². The molecule has 2 heterocycles. The molecule has 1 aromatic carbocycles. The lowest BCUT2D eigenvalue weighted by Crippen LogP contribution is -2.42. The van der Waals surface area contributed by atoms with Gasteiger partial charge in [0.2, 0.25) is 0 Å². The van der Waals surface area contributed by atoms with Crippen molar-refractivity contribution in [3.63, 3.8) is 0 Å². The van der Waals surface area contributed by atoms with Crippen molar-refractivity contribution in [3.8, 4) is 0 Å². The van der Waals surface area contributed by atoms with Gasteiger partial charge in [-0.2, -0.15) is 0 Å². The van der Waals surface area contributed by atoms with Crippen LogP contribution in [0.4, 0.5) is 0 Å². The van der Waals surface area contributed by atoms with Crippen molar-refractivity contribution < 1.29 is 0 Å². The molecule has 1 aromatic rings. The first-order valence-corrected chi connectivity index (χ1v) is 12.2. The number of fused-ring (bicyclic) bond motifs is 5. The SMILES string of the molecule is CC1CC2C3CC(C)NC3C(CCC3c4cc5c(cc4CC3C)CCC5)C2N1. The molecule has 8 unspecified atom stereocenters. The Morgan fingerprint density at radius 2 is 1.46 bits per heavy atom. The molecule has 0 bridgehead atoms. The maximum atomic E-state index is 4.01. The highest BCUT2D eigenvalue weighted by Crippen LogP contribution is 2.51. The van der Waals surface area contributed by atoms with E-state index in [1.807, 2.05) is 0 Å². The molecule has 1 saturated carbocycles. The average molecular weight is 379 g/mol. The molecule has 2 aliphatic heterocycles. The van der Waals surface area contributed by atoms with Gasteiger partial charge in [0.25, 0.3) is 0 Å². The van der Waals surface area contributed by atoms with Crippen LogP contribution in [0.2, 0.25) is 0 Å². The monoisotopic (exact) mass is 378 g/mol. The van der Waals surface area contributed by atoms with Crippen LogP contribution in [-0.2, 0) is 19.3 Å². The van der Waals surface area contributed by atoms with Gasteiger partial charge < -0.3 is 10.6 Å². The van der Waals surface area contributed by atoms with Crippen molar-refractivity contribution in [1.29, 1.82) is 0 Å². The normalized spacial score (nSPS) is 45.9. The largest absolute Gasteiger partial charge is 0.311 e. The number of benzene rings is 1. The lowest BCUT2D eigenvalue weighted by atomic mass is 9.83. The second kappa shape index (κ2) is 6.57. The molecule has 5 aliphatic rings. The van der Waals surface area contributed by atoms with E-state index in [0.29, 0.717) is 0 Å². The van der Waals surface area contributed by atoms with Gasteiger partial charge in [-0.3, -0.25) is 0 Å². The van der Waals surface area contributed by atoms with Gasteiger partial charge in [-0.15, -0.1) is 0 Å². The summed E-state index contributed by atoms with van der Waals surface area (Å²) in [5.41, 5.74) is 6.78. The van der Waals surface area contributed by atoms with Crippen LogP contribution in [0.1, 0.15) is 81.0 Å². The van der Waals surface area contributed by atoms with E-state index in [0.717, 1.165) is 53.8 Å². The molecule has 28 heavy (non-hydrogen) atoms. The third-order valence-corrected chi connectivity index (χ3v) is 9.39. The van der Waals surface area contributed by atoms with Crippen molar-refractivity contribution >= 4 is 0 Å². The molecule has 152 valence electrons. The van der Waals surface area contributed by atoms with Crippen LogP contribution in [0.3, 0.4) is 0 Å². The molecule has 2 heteroatoms. The standard InChI is InChI=1S/C26H38N2/c1-14-9-19-12-17-5-4-6-18(17)13-22(19)20(14)7-8-21-25-23(10-15(2)27-25)24-11-16(3)28-26(21)24/h12-16,20-21,23-28H,4-11H2,1-3H3. The Labute approximate surface area is 171 Å². The van der Waals surface area contributed by atoms with Crippen LogP contribution in [0, 0.1) is 23.7 Å². The van der Waals surface area contributed by atoms with E-state index in [1.165, 1.54) is 51.4 Å². The summed E-state index contributed by atoms with van der Waals surface area (Å²) in [6.45, 7) is 7.33. The van der Waals surface area contributed by atoms with Gasteiger partial charge in [0.1, 0.15) is 0 Å². The maximum absolute atomic E-state index is 4.01. The number of aryl methyl sites for hydroxylation is 2. The Hall–Kier alpha value is -0.860. The number of rotatable bonds is 3. The quantitative estimate of drug-likeness (QED) is 0.803. The fourth-order valence-corrected chi connectivity index (χ4v) is 8.32. The highest BCUT2D eigenvalue weighted by molar-refractivity contribution is 5.45. The van der Waals surface area contributed by atoms with Crippen molar-refractivity contribution in [3.05, 3.63) is 34.4 Å². The Bertz CT molecular complexity index is 746. The summed E-state index contributed by atoms with van der Waals surface area (Å²) in [5, 5.41) is 8.02. The van der Waals surface area contributed by atoms with E-state index in [-0.39, 0.29) is 0 Å². The van der Waals surface area contributed by atoms with E-state index >= 15 is 0 Å². The predicted molar refractivity (Wildman–Crippen MR) is 116 cm³/mol. The predicted octanol–water partition coefficient (Wildman–Crippen LogP) is 4.59. The second-order valence-electron chi connectivity index (χ2n) is 11.2. The van der Waals surface area contributed by atoms with Gasteiger partial charge in [0.15, 0.2) is 0 Å². The molecule has 2 N–H and O–H groups in total. The zero-order chi connectivity index (χ0) is 19.0. The molecule has 3 aliphatic carbocycles. The highest BCUT2D eigenvalue weighted by Gasteiger charge is 2.56. The van der Waals surface area contributed by atoms with Gasteiger partial charge in [-0.05, 0) is 117 Å². The molecule has 0 radical (unpaired) electrons. The molecule has 6 rings (SSSR count). The lowest BCUT2D eigenvalue weighted by molar-refractivity contribution is 0.298. The molecule has 0 amide bonds. The van der Waals surface area contributed by atoms with Gasteiger partial charge in [0, 0.05) is 24.2 Å². The Morgan fingerprint density at radius 3 is 2.14 bits per heavy atom. The summed E-state index contributed by atoms with van der Waals surface area (Å²) >= 11 is 0. The number of nitrogens with one attached hydrogen (secondary N) is 2. The van der Waals surface area contributed by atoms with Gasteiger partial charge in [-0.1, -0.05) is 19.1 Å². The van der Waals surface area contributed by atoms with E-state index in [9.17, 15) is 0 Å². The first kappa shape index (κ1) is 18.0. The van der Waals surface area contributed by atoms with Crippen molar-refractivity contribution in [2.75, 3.05) is 0 Å². The number of hydrogen-bond donors (Lipinski definition) is 2. The topological polar surface area (TPSA) is 24.1 Å². The average Bonchev–Trinajstić information content (AvgIpc) is 3.42. The minimum Gasteiger partial charge on any atom is -0.311 e. The molecular formula is C26H38N2. The van der Waals surface area contributed by atoms with Crippen LogP contribution in [-0.4, -0.2) is 24.2 Å². The van der Waals surface area contributed by atoms with Gasteiger partial charge in [0.05, 0.1) is 0 Å². The summed E-state index contributed by atoms with van der Waals surface area (Å²) in [5.74, 6) is 4.33. The fraction of sp³-hybridized carbons (Fsp3) is 0.769. The fourth-order valence-electron chi connectivity index (χ4n) is 8.32. The Kier molecular flexibility index (Phi) is 4.21. The summed E-state index contributed by atoms with van der Waals surface area (Å²) in [6.07, 6.45) is 11.0. The maximum Gasteiger partial charge on any atom is 0.0145 e. The lowest BCUT2D eigenvalue weighted by Gasteiger charge is -2.28. The summed E-state index contributed by atoms with van der Waals surface area (Å²) in [7, 11) is 0. The van der Waals surface area contributed by atoms with Crippen LogP contribution in [0.25, 0.3) is 0 Å². The Balaban J connectivity index is 1.22. The summed E-state index contributed by atoms with van der Waals surface area (Å²) in [4.78, 5) is 0. The van der Waals surface area contributed by atoms with Crippen LogP contribution in [0.15, 0.2) is 12.1 Å². The zero-order valence-electron chi connectivity index (χ0n) is 18.0. The van der Waals surface area contributed by atoms with Gasteiger partial charge >= 0.3 is 0 Å². The number of hydrogen-bond acceptors (Lipinski definition) is 2. The van der Waals surface area contributed by atoms with Crippen molar-refractivity contribution in [2.24, 2.45) is 23.7 Å². The second-order valence-corrected chi connectivity index (χ2v) is 11.2. The summed E-state index contributed by atoms with van der Waals surface area (Å²) < 4.78 is 0. The summed E-state index contributed by atoms with van der Waals surface area (Å²) in [6, 6.07) is 8.24. The van der Waals surface area contributed by atoms with E-state index in [4.69, 9.17) is 0 Å². The first-order chi connectivity index (χ1) is 13.6. The Morgan fingerprint density at radius 1 is 0.821 bits per heavy atom. The molecule has 0 spiro atoms. The van der Waals surface area contributed by atoms with Crippen LogP contribution >= 0.6 is 0 Å². The first-order valence-electron chi connectivity index (χ1n) is 12.2. The van der Waals surface area contributed by atoms with Crippen molar-refractivity contribution in [1.82, 2.24) is 10.6 Å². The molecule has 2 saturated heterocycles. The molecule has 3 fully saturated rings. The van der Waals surface area contributed by atoms with Crippen molar-refractivity contribution in [2.45, 2.75) is 102 Å². The van der Waals surface area contributed by atoms with Crippen LogP contribution in [0.5, 0.6) is 0 Å². The molecule has 2 nitrogen and oxygen atoms in total.